The van der Waals surface area contributed by atoms with Crippen molar-refractivity contribution in [1.82, 2.24) is 4.57 Å². The minimum absolute atomic E-state index is 0.224. The molecule has 3 aromatic carbocycles. The Hall–Kier alpha value is -3.80. The van der Waals surface area contributed by atoms with E-state index in [1.54, 1.807) is 25.1 Å². The molecule has 0 saturated heterocycles. The van der Waals surface area contributed by atoms with Crippen LogP contribution in [0.15, 0.2) is 60.7 Å². The van der Waals surface area contributed by atoms with Crippen molar-refractivity contribution in [3.8, 4) is 5.75 Å². The van der Waals surface area contributed by atoms with Gasteiger partial charge in [-0.2, -0.15) is 0 Å². The van der Waals surface area contributed by atoms with E-state index in [4.69, 9.17) is 4.74 Å². The van der Waals surface area contributed by atoms with Crippen LogP contribution in [0.2, 0.25) is 0 Å². The zero-order valence-electron chi connectivity index (χ0n) is 16.7. The Kier molecular flexibility index (Phi) is 4.20. The molecule has 1 aromatic heterocycles. The molecule has 0 aliphatic carbocycles. The second kappa shape index (κ2) is 6.91. The highest BCUT2D eigenvalue weighted by Crippen LogP contribution is 2.35. The molecule has 2 amide bonds. The first kappa shape index (κ1) is 18.2. The smallest absolute Gasteiger partial charge is 0.265 e. The van der Waals surface area contributed by atoms with Crippen molar-refractivity contribution in [2.75, 3.05) is 10.6 Å². The van der Waals surface area contributed by atoms with Crippen molar-refractivity contribution < 1.29 is 14.3 Å². The summed E-state index contributed by atoms with van der Waals surface area (Å²) < 4.78 is 7.97. The Labute approximate surface area is 173 Å². The predicted octanol–water partition coefficient (Wildman–Crippen LogP) is 4.79. The number of aryl methyl sites for hydroxylation is 1. The predicted molar refractivity (Wildman–Crippen MR) is 118 cm³/mol. The van der Waals surface area contributed by atoms with Gasteiger partial charge in [-0.3, -0.25) is 9.59 Å². The number of rotatable bonds is 3. The Morgan fingerprint density at radius 2 is 1.87 bits per heavy atom. The Morgan fingerprint density at radius 3 is 2.70 bits per heavy atom. The van der Waals surface area contributed by atoms with E-state index in [2.05, 4.69) is 34.3 Å². The molecule has 4 aromatic rings. The largest absolute Gasteiger partial charge is 0.478 e. The maximum absolute atomic E-state index is 13.0. The van der Waals surface area contributed by atoms with E-state index in [9.17, 15) is 9.59 Å². The summed E-state index contributed by atoms with van der Waals surface area (Å²) in [7, 11) is 0. The summed E-state index contributed by atoms with van der Waals surface area (Å²) in [5.41, 5.74) is 3.90. The van der Waals surface area contributed by atoms with Gasteiger partial charge in [0.15, 0.2) is 11.9 Å². The minimum atomic E-state index is -0.650. The minimum Gasteiger partial charge on any atom is -0.478 e. The second-order valence-corrected chi connectivity index (χ2v) is 7.38. The highest BCUT2D eigenvalue weighted by atomic mass is 16.5. The lowest BCUT2D eigenvalue weighted by Crippen LogP contribution is -2.35. The molecule has 5 rings (SSSR count). The van der Waals surface area contributed by atoms with E-state index >= 15 is 0 Å². The summed E-state index contributed by atoms with van der Waals surface area (Å²) in [6, 6.07) is 19.4. The van der Waals surface area contributed by atoms with E-state index in [1.165, 1.54) is 5.52 Å². The van der Waals surface area contributed by atoms with E-state index in [1.807, 2.05) is 30.3 Å². The zero-order chi connectivity index (χ0) is 20.8. The molecule has 0 radical (unpaired) electrons. The van der Waals surface area contributed by atoms with Crippen molar-refractivity contribution in [2.45, 2.75) is 26.5 Å². The van der Waals surface area contributed by atoms with Crippen LogP contribution in [0.4, 0.5) is 11.4 Å². The number of hydrogen-bond acceptors (Lipinski definition) is 3. The van der Waals surface area contributed by atoms with Crippen LogP contribution < -0.4 is 15.4 Å². The van der Waals surface area contributed by atoms with Crippen molar-refractivity contribution in [1.29, 1.82) is 0 Å². The van der Waals surface area contributed by atoms with Gasteiger partial charge in [0.2, 0.25) is 0 Å². The van der Waals surface area contributed by atoms with Gasteiger partial charge in [-0.05, 0) is 50.2 Å². The third-order valence-corrected chi connectivity index (χ3v) is 5.53. The number of carbonyl (C=O) groups excluding carboxylic acids is 2. The molecule has 2 N–H and O–H groups in total. The molecule has 0 spiro atoms. The van der Waals surface area contributed by atoms with Crippen LogP contribution in [0.5, 0.6) is 5.75 Å². The molecule has 2 heterocycles. The average molecular weight is 399 g/mol. The zero-order valence-corrected chi connectivity index (χ0v) is 16.7. The lowest BCUT2D eigenvalue weighted by atomic mass is 10.1. The van der Waals surface area contributed by atoms with Crippen LogP contribution in [-0.4, -0.2) is 22.5 Å². The maximum Gasteiger partial charge on any atom is 0.265 e. The van der Waals surface area contributed by atoms with Gasteiger partial charge in [-0.1, -0.05) is 24.3 Å². The summed E-state index contributed by atoms with van der Waals surface area (Å²) in [5.74, 6) is -0.114. The van der Waals surface area contributed by atoms with Gasteiger partial charge in [-0.15, -0.1) is 0 Å². The maximum atomic E-state index is 13.0. The highest BCUT2D eigenvalue weighted by molar-refractivity contribution is 6.12. The first-order valence-corrected chi connectivity index (χ1v) is 9.99. The van der Waals surface area contributed by atoms with E-state index in [-0.39, 0.29) is 11.8 Å². The van der Waals surface area contributed by atoms with Crippen LogP contribution >= 0.6 is 0 Å². The molecule has 6 heteroatoms. The summed E-state index contributed by atoms with van der Waals surface area (Å²) >= 11 is 0. The molecule has 1 unspecified atom stereocenters. The van der Waals surface area contributed by atoms with Gasteiger partial charge in [0.25, 0.3) is 11.8 Å². The quantitative estimate of drug-likeness (QED) is 0.520. The molecule has 0 bridgehead atoms. The van der Waals surface area contributed by atoms with E-state index in [0.29, 0.717) is 22.7 Å². The topological polar surface area (TPSA) is 72.4 Å². The Bertz CT molecular complexity index is 1320. The summed E-state index contributed by atoms with van der Waals surface area (Å²) in [6.07, 6.45) is -0.650. The normalized spacial score (nSPS) is 15.5. The summed E-state index contributed by atoms with van der Waals surface area (Å²) in [6.45, 7) is 4.65. The number of hydrogen-bond donors (Lipinski definition) is 2. The highest BCUT2D eigenvalue weighted by Gasteiger charge is 2.27. The molecule has 150 valence electrons. The fraction of sp³-hybridized carbons (Fsp3) is 0.167. The summed E-state index contributed by atoms with van der Waals surface area (Å²) in [4.78, 5) is 24.9. The van der Waals surface area contributed by atoms with Gasteiger partial charge < -0.3 is 19.9 Å². The standard InChI is InChI=1S/C24H21N3O3/c1-3-27-20-10-5-4-7-16(20)18-13-15(11-12-21(18)27)25-24(29)17-8-6-9-19-22(17)30-14(2)23(28)26-19/h4-14H,3H2,1-2H3,(H,25,29)(H,26,28). The first-order chi connectivity index (χ1) is 14.6. The van der Waals surface area contributed by atoms with Crippen molar-refractivity contribution >= 4 is 45.0 Å². The van der Waals surface area contributed by atoms with Crippen molar-refractivity contribution in [3.05, 3.63) is 66.2 Å². The van der Waals surface area contributed by atoms with Crippen LogP contribution in [0.3, 0.4) is 0 Å². The average Bonchev–Trinajstić information content (AvgIpc) is 3.07. The number of carbonyl (C=O) groups is 2. The van der Waals surface area contributed by atoms with Crippen LogP contribution in [0.1, 0.15) is 24.2 Å². The second-order valence-electron chi connectivity index (χ2n) is 7.38. The van der Waals surface area contributed by atoms with Crippen molar-refractivity contribution in [3.63, 3.8) is 0 Å². The van der Waals surface area contributed by atoms with Gasteiger partial charge >= 0.3 is 0 Å². The van der Waals surface area contributed by atoms with Gasteiger partial charge in [0.1, 0.15) is 0 Å². The number of nitrogens with zero attached hydrogens (tertiary/aromatic N) is 1. The molecule has 6 nitrogen and oxygen atoms in total. The van der Waals surface area contributed by atoms with E-state index in [0.717, 1.165) is 22.8 Å². The SMILES string of the molecule is CCn1c2ccccc2c2cc(NC(=O)c3cccc4c3OC(C)C(=O)N4)ccc21. The number of para-hydroxylation sites is 2. The van der Waals surface area contributed by atoms with Crippen molar-refractivity contribution in [2.24, 2.45) is 0 Å². The Morgan fingerprint density at radius 1 is 1.07 bits per heavy atom. The number of amides is 2. The van der Waals surface area contributed by atoms with Crippen LogP contribution in [-0.2, 0) is 11.3 Å². The Balaban J connectivity index is 1.53. The number of benzene rings is 3. The van der Waals surface area contributed by atoms with E-state index < -0.39 is 6.10 Å². The molecule has 1 aliphatic heterocycles. The fourth-order valence-corrected chi connectivity index (χ4v) is 4.08. The number of aromatic nitrogens is 1. The number of anilines is 2. The van der Waals surface area contributed by atoms with Gasteiger partial charge in [-0.25, -0.2) is 0 Å². The van der Waals surface area contributed by atoms with Gasteiger partial charge in [0.05, 0.1) is 11.3 Å². The van der Waals surface area contributed by atoms with Crippen LogP contribution in [0.25, 0.3) is 21.8 Å². The number of ether oxygens (including phenoxy) is 1. The van der Waals surface area contributed by atoms with Gasteiger partial charge in [0, 0.05) is 34.0 Å². The molecule has 1 aliphatic rings. The molecule has 0 saturated carbocycles. The molecule has 0 fully saturated rings. The third kappa shape index (κ3) is 2.80. The number of nitrogens with one attached hydrogen (secondary N) is 2. The third-order valence-electron chi connectivity index (χ3n) is 5.53. The lowest BCUT2D eigenvalue weighted by Gasteiger charge is -2.25. The van der Waals surface area contributed by atoms with Crippen LogP contribution in [0, 0.1) is 0 Å². The lowest BCUT2D eigenvalue weighted by molar-refractivity contribution is -0.122. The molecular weight excluding hydrogens is 378 g/mol. The summed E-state index contributed by atoms with van der Waals surface area (Å²) in [5, 5.41) is 8.00. The first-order valence-electron chi connectivity index (χ1n) is 9.99. The number of fused-ring (bicyclic) bond motifs is 4. The molecule has 1 atom stereocenters. The molecular formula is C24H21N3O3. The fourth-order valence-electron chi connectivity index (χ4n) is 4.08. The molecule has 30 heavy (non-hydrogen) atoms. The monoisotopic (exact) mass is 399 g/mol.